The molecule has 0 saturated heterocycles. The molecule has 1 aromatic carbocycles. The van der Waals surface area contributed by atoms with Crippen LogP contribution in [0.2, 0.25) is 0 Å². The summed E-state index contributed by atoms with van der Waals surface area (Å²) in [6.45, 7) is 0. The Morgan fingerprint density at radius 1 is 1.26 bits per heavy atom. The quantitative estimate of drug-likeness (QED) is 0.867. The van der Waals surface area contributed by atoms with Gasteiger partial charge in [-0.2, -0.15) is 0 Å². The van der Waals surface area contributed by atoms with Gasteiger partial charge in [-0.1, -0.05) is 6.07 Å². The van der Waals surface area contributed by atoms with Crippen LogP contribution in [0.1, 0.15) is 10.4 Å². The molecule has 0 atom stereocenters. The molecular formula is C13H13N3O3. The zero-order valence-electron chi connectivity index (χ0n) is 10.3. The number of primary amides is 1. The van der Waals surface area contributed by atoms with E-state index in [4.69, 9.17) is 20.9 Å². The molecule has 0 bridgehead atoms. The number of aromatic nitrogens is 1. The molecule has 0 spiro atoms. The van der Waals surface area contributed by atoms with E-state index >= 15 is 0 Å². The van der Waals surface area contributed by atoms with E-state index in [2.05, 4.69) is 4.98 Å². The van der Waals surface area contributed by atoms with Crippen molar-refractivity contribution in [1.29, 1.82) is 0 Å². The molecule has 0 saturated carbocycles. The first-order valence-electron chi connectivity index (χ1n) is 5.47. The van der Waals surface area contributed by atoms with Gasteiger partial charge in [0.2, 0.25) is 5.88 Å². The van der Waals surface area contributed by atoms with Crippen molar-refractivity contribution in [1.82, 2.24) is 4.98 Å². The topological polar surface area (TPSA) is 100 Å². The van der Waals surface area contributed by atoms with Gasteiger partial charge in [-0.05, 0) is 12.1 Å². The Hall–Kier alpha value is -2.76. The van der Waals surface area contributed by atoms with Gasteiger partial charge in [0.1, 0.15) is 11.5 Å². The van der Waals surface area contributed by atoms with Crippen LogP contribution in [0.25, 0.3) is 0 Å². The van der Waals surface area contributed by atoms with E-state index in [-0.39, 0.29) is 17.1 Å². The number of hydrogen-bond donors (Lipinski definition) is 2. The van der Waals surface area contributed by atoms with Crippen LogP contribution >= 0.6 is 0 Å². The minimum absolute atomic E-state index is 0.174. The highest BCUT2D eigenvalue weighted by Gasteiger charge is 2.09. The maximum absolute atomic E-state index is 11.2. The molecule has 2 aromatic rings. The summed E-state index contributed by atoms with van der Waals surface area (Å²) in [5, 5.41) is 0. The molecular weight excluding hydrogens is 246 g/mol. The second-order valence-corrected chi connectivity index (χ2v) is 3.76. The third-order valence-electron chi connectivity index (χ3n) is 2.44. The summed E-state index contributed by atoms with van der Waals surface area (Å²) in [4.78, 5) is 15.1. The molecule has 0 aliphatic rings. The summed E-state index contributed by atoms with van der Waals surface area (Å²) >= 11 is 0. The predicted octanol–water partition coefficient (Wildman–Crippen LogP) is 1.56. The number of pyridine rings is 1. The highest BCUT2D eigenvalue weighted by Crippen LogP contribution is 2.25. The summed E-state index contributed by atoms with van der Waals surface area (Å²) in [6.07, 6.45) is 1.33. The molecule has 1 heterocycles. The molecule has 0 aliphatic heterocycles. The summed E-state index contributed by atoms with van der Waals surface area (Å²) in [6, 6.07) is 8.40. The Morgan fingerprint density at radius 2 is 2.00 bits per heavy atom. The number of amides is 1. The van der Waals surface area contributed by atoms with Crippen molar-refractivity contribution in [2.45, 2.75) is 0 Å². The van der Waals surface area contributed by atoms with Crippen LogP contribution in [-0.2, 0) is 0 Å². The standard InChI is InChI=1S/C13H13N3O3/c1-18-8-3-2-4-9(5-8)19-12-6-10(13(15)17)11(14)7-16-12/h2-7H,14H2,1H3,(H2,15,17). The second kappa shape index (κ2) is 5.26. The van der Waals surface area contributed by atoms with Gasteiger partial charge >= 0.3 is 0 Å². The third kappa shape index (κ3) is 2.92. The van der Waals surface area contributed by atoms with Crippen LogP contribution in [0.15, 0.2) is 36.5 Å². The Bertz CT molecular complexity index is 614. The van der Waals surface area contributed by atoms with Gasteiger partial charge in [-0.25, -0.2) is 4.98 Å². The van der Waals surface area contributed by atoms with Crippen molar-refractivity contribution in [2.75, 3.05) is 12.8 Å². The Morgan fingerprint density at radius 3 is 2.68 bits per heavy atom. The van der Waals surface area contributed by atoms with Crippen LogP contribution in [0, 0.1) is 0 Å². The van der Waals surface area contributed by atoms with Gasteiger partial charge in [-0.15, -0.1) is 0 Å². The van der Waals surface area contributed by atoms with E-state index in [1.54, 1.807) is 31.4 Å². The summed E-state index contributed by atoms with van der Waals surface area (Å²) in [5.41, 5.74) is 11.2. The molecule has 6 heteroatoms. The first-order valence-corrected chi connectivity index (χ1v) is 5.47. The zero-order valence-corrected chi connectivity index (χ0v) is 10.3. The third-order valence-corrected chi connectivity index (χ3v) is 2.44. The number of carbonyl (C=O) groups is 1. The average molecular weight is 259 g/mol. The lowest BCUT2D eigenvalue weighted by atomic mass is 10.2. The van der Waals surface area contributed by atoms with E-state index in [1.165, 1.54) is 12.3 Å². The summed E-state index contributed by atoms with van der Waals surface area (Å²) < 4.78 is 10.6. The van der Waals surface area contributed by atoms with Gasteiger partial charge in [0.15, 0.2) is 0 Å². The summed E-state index contributed by atoms with van der Waals surface area (Å²) in [7, 11) is 1.56. The second-order valence-electron chi connectivity index (χ2n) is 3.76. The van der Waals surface area contributed by atoms with Crippen LogP contribution in [0.3, 0.4) is 0 Å². The highest BCUT2D eigenvalue weighted by molar-refractivity contribution is 5.98. The maximum Gasteiger partial charge on any atom is 0.251 e. The van der Waals surface area contributed by atoms with Gasteiger partial charge in [0, 0.05) is 12.1 Å². The molecule has 98 valence electrons. The minimum Gasteiger partial charge on any atom is -0.497 e. The fourth-order valence-corrected chi connectivity index (χ4v) is 1.50. The molecule has 0 radical (unpaired) electrons. The number of nitrogens with two attached hydrogens (primary N) is 2. The van der Waals surface area contributed by atoms with E-state index in [9.17, 15) is 4.79 Å². The van der Waals surface area contributed by atoms with Crippen LogP contribution in [0.4, 0.5) is 5.69 Å². The normalized spacial score (nSPS) is 9.95. The molecule has 0 aliphatic carbocycles. The SMILES string of the molecule is COc1cccc(Oc2cc(C(N)=O)c(N)cn2)c1. The van der Waals surface area contributed by atoms with Crippen molar-refractivity contribution < 1.29 is 14.3 Å². The number of anilines is 1. The number of nitrogens with zero attached hydrogens (tertiary/aromatic N) is 1. The molecule has 2 rings (SSSR count). The lowest BCUT2D eigenvalue weighted by molar-refractivity contribution is 0.100. The fraction of sp³-hybridized carbons (Fsp3) is 0.0769. The van der Waals surface area contributed by atoms with E-state index in [0.29, 0.717) is 11.5 Å². The zero-order chi connectivity index (χ0) is 13.8. The van der Waals surface area contributed by atoms with E-state index in [1.807, 2.05) is 0 Å². The maximum atomic E-state index is 11.2. The average Bonchev–Trinajstić information content (AvgIpc) is 2.41. The number of benzene rings is 1. The van der Waals surface area contributed by atoms with Crippen LogP contribution in [0.5, 0.6) is 17.4 Å². The molecule has 4 N–H and O–H groups in total. The molecule has 19 heavy (non-hydrogen) atoms. The smallest absolute Gasteiger partial charge is 0.251 e. The van der Waals surface area contributed by atoms with Crippen LogP contribution < -0.4 is 20.9 Å². The first-order chi connectivity index (χ1) is 9.10. The number of methoxy groups -OCH3 is 1. The monoisotopic (exact) mass is 259 g/mol. The van der Waals surface area contributed by atoms with Crippen molar-refractivity contribution >= 4 is 11.6 Å². The minimum atomic E-state index is -0.629. The lowest BCUT2D eigenvalue weighted by Crippen LogP contribution is -2.13. The van der Waals surface area contributed by atoms with Gasteiger partial charge in [-0.3, -0.25) is 4.79 Å². The van der Waals surface area contributed by atoms with Crippen molar-refractivity contribution in [3.8, 4) is 17.4 Å². The van der Waals surface area contributed by atoms with Gasteiger partial charge < -0.3 is 20.9 Å². The number of carbonyl (C=O) groups excluding carboxylic acids is 1. The fourth-order valence-electron chi connectivity index (χ4n) is 1.50. The number of nitrogen functional groups attached to an aromatic ring is 1. The first kappa shape index (κ1) is 12.7. The Kier molecular flexibility index (Phi) is 3.51. The largest absolute Gasteiger partial charge is 0.497 e. The Labute approximate surface area is 110 Å². The lowest BCUT2D eigenvalue weighted by Gasteiger charge is -2.08. The van der Waals surface area contributed by atoms with E-state index in [0.717, 1.165) is 0 Å². The van der Waals surface area contributed by atoms with Gasteiger partial charge in [0.25, 0.3) is 5.91 Å². The molecule has 6 nitrogen and oxygen atoms in total. The van der Waals surface area contributed by atoms with Crippen molar-refractivity contribution in [2.24, 2.45) is 5.73 Å². The number of ether oxygens (including phenoxy) is 2. The van der Waals surface area contributed by atoms with Gasteiger partial charge in [0.05, 0.1) is 24.6 Å². The molecule has 0 fully saturated rings. The highest BCUT2D eigenvalue weighted by atomic mass is 16.5. The number of hydrogen-bond acceptors (Lipinski definition) is 5. The molecule has 1 amide bonds. The summed E-state index contributed by atoms with van der Waals surface area (Å²) in [5.74, 6) is 0.793. The van der Waals surface area contributed by atoms with Crippen molar-refractivity contribution in [3.05, 3.63) is 42.1 Å². The predicted molar refractivity (Wildman–Crippen MR) is 70.2 cm³/mol. The van der Waals surface area contributed by atoms with Crippen LogP contribution in [-0.4, -0.2) is 18.0 Å². The molecule has 0 unspecified atom stereocenters. The number of rotatable bonds is 4. The Balaban J connectivity index is 2.28. The van der Waals surface area contributed by atoms with Crippen molar-refractivity contribution in [3.63, 3.8) is 0 Å². The van der Waals surface area contributed by atoms with E-state index < -0.39 is 5.91 Å². The molecule has 1 aromatic heterocycles.